The molecule has 9 nitrogen and oxygen atoms in total. The highest BCUT2D eigenvalue weighted by Gasteiger charge is 2.22. The summed E-state index contributed by atoms with van der Waals surface area (Å²) in [5, 5.41) is 12.9. The SMILES string of the molecule is CCCCCCCCC(CCCCCC)CNC(=O)CCCCCN(CCCCCO)CCN(CCCCC(COC(=O)CCCCCCC)COC(=O)CCCCCCC)C1CCCCCCC1. The summed E-state index contributed by atoms with van der Waals surface area (Å²) in [4.78, 5) is 44.0. The number of esters is 2. The number of unbranched alkanes of at least 4 members (excludes halogenated alkanes) is 21. The number of aliphatic hydroxyl groups excluding tert-OH is 1. The Hall–Kier alpha value is -1.71. The molecule has 0 aliphatic heterocycles. The maximum Gasteiger partial charge on any atom is 0.305 e. The highest BCUT2D eigenvalue weighted by Crippen LogP contribution is 2.24. The van der Waals surface area contributed by atoms with E-state index in [1.165, 1.54) is 161 Å². The van der Waals surface area contributed by atoms with Crippen molar-refractivity contribution in [2.75, 3.05) is 59.1 Å². The summed E-state index contributed by atoms with van der Waals surface area (Å²) in [5.41, 5.74) is 0. The van der Waals surface area contributed by atoms with Crippen molar-refractivity contribution in [3.63, 3.8) is 0 Å². The fourth-order valence-electron chi connectivity index (χ4n) is 10.3. The lowest BCUT2D eigenvalue weighted by atomic mass is 9.94. The molecule has 0 aromatic rings. The Morgan fingerprint density at radius 1 is 0.464 bits per heavy atom. The molecule has 0 saturated heterocycles. The van der Waals surface area contributed by atoms with E-state index in [4.69, 9.17) is 9.47 Å². The van der Waals surface area contributed by atoms with Gasteiger partial charge in [0.2, 0.25) is 5.91 Å². The van der Waals surface area contributed by atoms with Gasteiger partial charge < -0.3 is 24.8 Å². The summed E-state index contributed by atoms with van der Waals surface area (Å²) in [6.07, 6.45) is 46.7. The van der Waals surface area contributed by atoms with Crippen LogP contribution in [0.4, 0.5) is 0 Å². The molecule has 0 aromatic heterocycles. The molecule has 1 aliphatic rings. The van der Waals surface area contributed by atoms with Gasteiger partial charge in [0.15, 0.2) is 0 Å². The minimum absolute atomic E-state index is 0.0283. The molecule has 1 unspecified atom stereocenters. The number of rotatable bonds is 50. The number of nitrogens with one attached hydrogen (secondary N) is 1. The minimum atomic E-state index is -0.119. The normalized spacial score (nSPS) is 14.1. The Balaban J connectivity index is 2.80. The first-order valence-corrected chi connectivity index (χ1v) is 30.5. The number of hydrogen-bond donors (Lipinski definition) is 2. The van der Waals surface area contributed by atoms with E-state index in [1.807, 2.05) is 0 Å². The van der Waals surface area contributed by atoms with Crippen molar-refractivity contribution in [1.29, 1.82) is 0 Å². The molecule has 0 heterocycles. The summed E-state index contributed by atoms with van der Waals surface area (Å²) >= 11 is 0. The molecular weight excluding hydrogens is 859 g/mol. The monoisotopic (exact) mass is 976 g/mol. The second kappa shape index (κ2) is 49.9. The van der Waals surface area contributed by atoms with Crippen molar-refractivity contribution >= 4 is 17.8 Å². The molecule has 1 saturated carbocycles. The van der Waals surface area contributed by atoms with Crippen LogP contribution < -0.4 is 5.32 Å². The standard InChI is InChI=1S/C60H117N3O6/c1-5-9-13-17-21-27-39-55(38-26-16-12-8-4)52-61-58(65)43-30-24-34-46-62(47-35-25-37-51-64)49-50-63(57-41-28-22-18-23-29-42-57)48-36-33-40-56(53-68-59(66)44-31-19-14-10-6-2)54-69-60(67)45-32-20-15-11-7-3/h55-57,64H,5-54H2,1-4H3,(H,61,65). The maximum absolute atomic E-state index is 13.0. The summed E-state index contributed by atoms with van der Waals surface area (Å²) in [7, 11) is 0. The Kier molecular flexibility index (Phi) is 47.2. The maximum atomic E-state index is 13.0. The van der Waals surface area contributed by atoms with E-state index in [2.05, 4.69) is 42.8 Å². The van der Waals surface area contributed by atoms with Crippen LogP contribution in [0.15, 0.2) is 0 Å². The zero-order valence-electron chi connectivity index (χ0n) is 46.5. The number of carbonyl (C=O) groups excluding carboxylic acids is 3. The first kappa shape index (κ1) is 65.3. The van der Waals surface area contributed by atoms with Crippen molar-refractivity contribution in [3.05, 3.63) is 0 Å². The molecule has 1 rings (SSSR count). The molecule has 1 fully saturated rings. The topological polar surface area (TPSA) is 108 Å². The molecule has 408 valence electrons. The average molecular weight is 977 g/mol. The molecule has 0 radical (unpaired) electrons. The first-order chi connectivity index (χ1) is 33.9. The van der Waals surface area contributed by atoms with Crippen molar-refractivity contribution < 1.29 is 29.0 Å². The van der Waals surface area contributed by atoms with Crippen molar-refractivity contribution in [2.24, 2.45) is 11.8 Å². The van der Waals surface area contributed by atoms with Gasteiger partial charge in [-0.25, -0.2) is 0 Å². The molecule has 1 aliphatic carbocycles. The van der Waals surface area contributed by atoms with E-state index < -0.39 is 0 Å². The fraction of sp³-hybridized carbons (Fsp3) is 0.950. The number of ether oxygens (including phenoxy) is 2. The molecule has 0 aromatic carbocycles. The third-order valence-electron chi connectivity index (χ3n) is 15.1. The van der Waals surface area contributed by atoms with Gasteiger partial charge in [-0.1, -0.05) is 188 Å². The van der Waals surface area contributed by atoms with Crippen molar-refractivity contribution in [2.45, 2.75) is 297 Å². The highest BCUT2D eigenvalue weighted by molar-refractivity contribution is 5.75. The zero-order chi connectivity index (χ0) is 50.1. The largest absolute Gasteiger partial charge is 0.465 e. The summed E-state index contributed by atoms with van der Waals surface area (Å²) in [6, 6.07) is 0.620. The predicted octanol–water partition coefficient (Wildman–Crippen LogP) is 15.5. The Morgan fingerprint density at radius 3 is 1.43 bits per heavy atom. The lowest BCUT2D eigenvalue weighted by Gasteiger charge is -2.35. The van der Waals surface area contributed by atoms with Gasteiger partial charge in [0.25, 0.3) is 0 Å². The van der Waals surface area contributed by atoms with Crippen LogP contribution in [0.5, 0.6) is 0 Å². The van der Waals surface area contributed by atoms with Crippen LogP contribution in [0, 0.1) is 11.8 Å². The number of amides is 1. The van der Waals surface area contributed by atoms with Crippen LogP contribution in [-0.4, -0.2) is 97.9 Å². The molecule has 1 atom stereocenters. The van der Waals surface area contributed by atoms with Gasteiger partial charge in [0.05, 0.1) is 13.2 Å². The van der Waals surface area contributed by atoms with E-state index >= 15 is 0 Å². The summed E-state index contributed by atoms with van der Waals surface area (Å²) in [6.45, 7) is 16.1. The molecular formula is C60H117N3O6. The molecule has 1 amide bonds. The van der Waals surface area contributed by atoms with Gasteiger partial charge in [-0.05, 0) is 109 Å². The lowest BCUT2D eigenvalue weighted by molar-refractivity contribution is -0.149. The third kappa shape index (κ3) is 41.5. The van der Waals surface area contributed by atoms with Crippen molar-refractivity contribution in [1.82, 2.24) is 15.1 Å². The fourth-order valence-corrected chi connectivity index (χ4v) is 10.3. The Labute approximate surface area is 428 Å². The number of hydrogen-bond acceptors (Lipinski definition) is 8. The van der Waals surface area contributed by atoms with E-state index in [1.54, 1.807) is 0 Å². The van der Waals surface area contributed by atoms with Gasteiger partial charge >= 0.3 is 11.9 Å². The summed E-state index contributed by atoms with van der Waals surface area (Å²) < 4.78 is 11.6. The molecule has 2 N–H and O–H groups in total. The molecule has 69 heavy (non-hydrogen) atoms. The second-order valence-electron chi connectivity index (χ2n) is 21.6. The minimum Gasteiger partial charge on any atom is -0.465 e. The number of carbonyl (C=O) groups is 3. The van der Waals surface area contributed by atoms with E-state index in [0.29, 0.717) is 44.4 Å². The molecule has 9 heteroatoms. The van der Waals surface area contributed by atoms with E-state index in [0.717, 1.165) is 123 Å². The average Bonchev–Trinajstić information content (AvgIpc) is 3.34. The van der Waals surface area contributed by atoms with Gasteiger partial charge in [-0.2, -0.15) is 0 Å². The first-order valence-electron chi connectivity index (χ1n) is 30.5. The van der Waals surface area contributed by atoms with Gasteiger partial charge in [-0.3, -0.25) is 19.3 Å². The zero-order valence-corrected chi connectivity index (χ0v) is 46.5. The third-order valence-corrected chi connectivity index (χ3v) is 15.1. The molecule has 0 bridgehead atoms. The van der Waals surface area contributed by atoms with Crippen LogP contribution in [-0.2, 0) is 23.9 Å². The van der Waals surface area contributed by atoms with Gasteiger partial charge in [0, 0.05) is 57.5 Å². The predicted molar refractivity (Wildman–Crippen MR) is 293 cm³/mol. The quantitative estimate of drug-likeness (QED) is 0.0458. The van der Waals surface area contributed by atoms with E-state index in [9.17, 15) is 19.5 Å². The van der Waals surface area contributed by atoms with Crippen LogP contribution in [0.1, 0.15) is 291 Å². The van der Waals surface area contributed by atoms with Crippen molar-refractivity contribution in [3.8, 4) is 0 Å². The lowest BCUT2D eigenvalue weighted by Crippen LogP contribution is -2.42. The highest BCUT2D eigenvalue weighted by atomic mass is 16.5. The number of nitrogens with zero attached hydrogens (tertiary/aromatic N) is 2. The Morgan fingerprint density at radius 2 is 0.884 bits per heavy atom. The van der Waals surface area contributed by atoms with Gasteiger partial charge in [0.1, 0.15) is 0 Å². The second-order valence-corrected chi connectivity index (χ2v) is 21.6. The smallest absolute Gasteiger partial charge is 0.305 e. The van der Waals surface area contributed by atoms with Crippen LogP contribution in [0.25, 0.3) is 0 Å². The van der Waals surface area contributed by atoms with Gasteiger partial charge in [-0.15, -0.1) is 0 Å². The van der Waals surface area contributed by atoms with E-state index in [-0.39, 0.29) is 30.4 Å². The number of aliphatic hydroxyl groups is 1. The molecule has 0 spiro atoms. The van der Waals surface area contributed by atoms with Crippen LogP contribution in [0.3, 0.4) is 0 Å². The van der Waals surface area contributed by atoms with Crippen LogP contribution >= 0.6 is 0 Å². The van der Waals surface area contributed by atoms with Crippen LogP contribution in [0.2, 0.25) is 0 Å². The summed E-state index contributed by atoms with van der Waals surface area (Å²) in [5.74, 6) is 0.646. The Bertz CT molecular complexity index is 1100.